The Labute approximate surface area is 508 Å². The van der Waals surface area contributed by atoms with E-state index in [0.717, 1.165) is 91.4 Å². The van der Waals surface area contributed by atoms with E-state index in [4.69, 9.17) is 39.5 Å². The lowest BCUT2D eigenvalue weighted by Gasteiger charge is -2.24. The summed E-state index contributed by atoms with van der Waals surface area (Å²) in [6, 6.07) is 34.2. The standard InChI is InChI=1S/C31H36N6O5.C22H19IN4O3.C5H10O2.C4H10N2/c1-31(2,3)42-30(39)36-17-15-23(19-36)34-27-26-25(33-22-10-8-21(9-11-22)29(38)41-5)14-16-32-28(26)37(35-27)18-20-6-12-24(40-4)13-7-20;1-29-17-9-3-14(4-10-17)13-27-21-19(20(23)26-27)18(11-12-24-21)25-16-7-5-15(6-8-16)22(28)30-2;1-5(2,3)7-4-6;5-4-1-2-6-3-4/h6-14,16,23H,15,17-19H2,1-5H3,(H,32,33)(H,34,35);3-12H,13H2,1-2H3,(H,24,25);4H,1-3H3;4,6H,1-3,5H2/t23-;;;4-/m1..1/s1. The van der Waals surface area contributed by atoms with Crippen LogP contribution < -0.4 is 36.5 Å². The van der Waals surface area contributed by atoms with Crippen molar-refractivity contribution in [2.24, 2.45) is 5.73 Å². The molecule has 1 amide bonds. The van der Waals surface area contributed by atoms with E-state index in [2.05, 4.69) is 58.7 Å². The molecule has 23 heteroatoms. The van der Waals surface area contributed by atoms with Crippen LogP contribution in [0.2, 0.25) is 0 Å². The number of hydrogen-bond donors (Lipinski definition) is 5. The number of amides is 1. The van der Waals surface area contributed by atoms with Gasteiger partial charge in [0.25, 0.3) is 6.47 Å². The lowest BCUT2D eigenvalue weighted by atomic mass is 10.2. The van der Waals surface area contributed by atoms with Crippen molar-refractivity contribution in [2.45, 2.75) is 90.8 Å². The highest BCUT2D eigenvalue weighted by Crippen LogP contribution is 2.34. The zero-order chi connectivity index (χ0) is 61.3. The van der Waals surface area contributed by atoms with Crippen LogP contribution in [0.15, 0.2) is 122 Å². The predicted molar refractivity (Wildman–Crippen MR) is 336 cm³/mol. The number of nitrogens with one attached hydrogen (secondary N) is 4. The van der Waals surface area contributed by atoms with Gasteiger partial charge in [-0.2, -0.15) is 10.2 Å². The van der Waals surface area contributed by atoms with Gasteiger partial charge in [-0.25, -0.2) is 33.7 Å². The van der Waals surface area contributed by atoms with Crippen LogP contribution in [0.25, 0.3) is 22.1 Å². The zero-order valence-electron chi connectivity index (χ0n) is 49.6. The van der Waals surface area contributed by atoms with E-state index in [1.165, 1.54) is 14.2 Å². The number of methoxy groups -OCH3 is 4. The predicted octanol–water partition coefficient (Wildman–Crippen LogP) is 10.3. The molecule has 2 aliphatic heterocycles. The number of hydrogen-bond acceptors (Lipinski definition) is 19. The van der Waals surface area contributed by atoms with Crippen molar-refractivity contribution in [1.82, 2.24) is 39.7 Å². The van der Waals surface area contributed by atoms with E-state index >= 15 is 0 Å². The molecule has 4 aromatic heterocycles. The number of pyridine rings is 2. The van der Waals surface area contributed by atoms with Crippen molar-refractivity contribution in [3.05, 3.63) is 148 Å². The van der Waals surface area contributed by atoms with Gasteiger partial charge in [-0.3, -0.25) is 4.79 Å². The van der Waals surface area contributed by atoms with E-state index < -0.39 is 11.6 Å². The van der Waals surface area contributed by atoms with Gasteiger partial charge in [0.2, 0.25) is 0 Å². The highest BCUT2D eigenvalue weighted by molar-refractivity contribution is 14.1. The summed E-state index contributed by atoms with van der Waals surface area (Å²) in [6.45, 7) is 15.8. The number of benzene rings is 4. The second-order valence-corrected chi connectivity index (χ2v) is 22.8. The highest BCUT2D eigenvalue weighted by atomic mass is 127. The SMILES string of the molecule is CC(C)(C)OC=O.COC(=O)c1ccc(Nc2ccnc3c2c(I)nn3Cc2ccc(OC)cc2)cc1.COC(=O)c1ccc(Nc2ccnc3c2c(N[C@@H]2CCN(C(=O)OC(C)(C)C)C2)nn3Cc2ccc(OC)cc2)cc1.N[C@@H]1CCNC1. The molecule has 8 aromatic rings. The number of carbonyl (C=O) groups excluding carboxylic acids is 4. The molecule has 0 aliphatic carbocycles. The Bertz CT molecular complexity index is 3490. The van der Waals surface area contributed by atoms with Crippen molar-refractivity contribution in [3.63, 3.8) is 0 Å². The Kier molecular flexibility index (Phi) is 22.4. The normalized spacial score (nSPS) is 14.5. The van der Waals surface area contributed by atoms with Crippen LogP contribution in [0.5, 0.6) is 11.5 Å². The Morgan fingerprint density at radius 1 is 0.671 bits per heavy atom. The number of esters is 2. The van der Waals surface area contributed by atoms with E-state index in [1.54, 1.807) is 55.8 Å². The molecule has 85 heavy (non-hydrogen) atoms. The first-order chi connectivity index (χ1) is 40.7. The molecule has 2 atom stereocenters. The minimum atomic E-state index is -0.555. The quantitative estimate of drug-likeness (QED) is 0.0276. The Morgan fingerprint density at radius 3 is 1.58 bits per heavy atom. The number of aromatic nitrogens is 6. The highest BCUT2D eigenvalue weighted by Gasteiger charge is 2.31. The summed E-state index contributed by atoms with van der Waals surface area (Å²) in [5, 5.41) is 25.0. The smallest absolute Gasteiger partial charge is 0.410 e. The molecule has 0 saturated carbocycles. The molecule has 4 aromatic carbocycles. The summed E-state index contributed by atoms with van der Waals surface area (Å²) in [4.78, 5) is 56.7. The van der Waals surface area contributed by atoms with Crippen molar-refractivity contribution in [2.75, 3.05) is 70.6 Å². The number of anilines is 5. The third-order valence-corrected chi connectivity index (χ3v) is 13.8. The van der Waals surface area contributed by atoms with Crippen LogP contribution in [-0.4, -0.2) is 137 Å². The van der Waals surface area contributed by atoms with E-state index in [9.17, 15) is 19.2 Å². The van der Waals surface area contributed by atoms with Crippen molar-refractivity contribution in [3.8, 4) is 11.5 Å². The minimum absolute atomic E-state index is 0.0162. The summed E-state index contributed by atoms with van der Waals surface area (Å²) in [5.41, 5.74) is 12.6. The second-order valence-electron chi connectivity index (χ2n) is 21.8. The molecule has 2 aliphatic rings. The van der Waals surface area contributed by atoms with Gasteiger partial charge in [0.05, 0.1) is 74.8 Å². The number of rotatable bonds is 15. The summed E-state index contributed by atoms with van der Waals surface area (Å²) in [5.74, 6) is 1.51. The molecule has 10 rings (SSSR count). The summed E-state index contributed by atoms with van der Waals surface area (Å²) in [7, 11) is 6.02. The molecule has 0 bridgehead atoms. The average Bonchev–Trinajstić information content (AvgIpc) is 1.98. The lowest BCUT2D eigenvalue weighted by Crippen LogP contribution is -2.36. The third-order valence-electron chi connectivity index (χ3n) is 13.1. The van der Waals surface area contributed by atoms with Gasteiger partial charge >= 0.3 is 18.0 Å². The molecule has 22 nitrogen and oxygen atoms in total. The number of fused-ring (bicyclic) bond motifs is 2. The van der Waals surface area contributed by atoms with Crippen LogP contribution in [0, 0.1) is 3.70 Å². The van der Waals surface area contributed by atoms with Crippen LogP contribution in [0.4, 0.5) is 33.4 Å². The second kappa shape index (κ2) is 29.8. The molecular weight excluding hydrogens is 1200 g/mol. The minimum Gasteiger partial charge on any atom is -0.497 e. The number of halogens is 1. The van der Waals surface area contributed by atoms with Gasteiger partial charge in [0.1, 0.15) is 26.4 Å². The van der Waals surface area contributed by atoms with Gasteiger partial charge in [-0.1, -0.05) is 24.3 Å². The molecule has 0 radical (unpaired) electrons. The van der Waals surface area contributed by atoms with Crippen molar-refractivity contribution >= 4 is 97.7 Å². The van der Waals surface area contributed by atoms with Gasteiger partial charge in [-0.05, 0) is 180 Å². The van der Waals surface area contributed by atoms with E-state index in [0.29, 0.717) is 61.3 Å². The van der Waals surface area contributed by atoms with Crippen LogP contribution in [0.3, 0.4) is 0 Å². The van der Waals surface area contributed by atoms with E-state index in [1.807, 2.05) is 136 Å². The first-order valence-electron chi connectivity index (χ1n) is 27.5. The van der Waals surface area contributed by atoms with Crippen molar-refractivity contribution < 1.29 is 47.6 Å². The van der Waals surface area contributed by atoms with Crippen LogP contribution in [0.1, 0.15) is 86.2 Å². The maximum Gasteiger partial charge on any atom is 0.410 e. The van der Waals surface area contributed by atoms with Crippen molar-refractivity contribution in [1.29, 1.82) is 0 Å². The molecule has 0 spiro atoms. The first kappa shape index (κ1) is 64.0. The topological polar surface area (TPSA) is 262 Å². The zero-order valence-corrected chi connectivity index (χ0v) is 51.8. The summed E-state index contributed by atoms with van der Waals surface area (Å²) >= 11 is 2.23. The summed E-state index contributed by atoms with van der Waals surface area (Å²) in [6.07, 6.45) is 5.09. The van der Waals surface area contributed by atoms with Gasteiger partial charge in [0, 0.05) is 55.5 Å². The van der Waals surface area contributed by atoms with Crippen LogP contribution in [-0.2, 0) is 36.8 Å². The fourth-order valence-electron chi connectivity index (χ4n) is 8.80. The number of ether oxygens (including phenoxy) is 6. The van der Waals surface area contributed by atoms with E-state index in [-0.39, 0.29) is 23.7 Å². The number of nitrogens with two attached hydrogens (primary N) is 1. The maximum absolute atomic E-state index is 12.7. The molecule has 2 fully saturated rings. The fraction of sp³-hybridized carbons (Fsp3) is 0.355. The number of carbonyl (C=O) groups is 4. The molecule has 450 valence electrons. The van der Waals surface area contributed by atoms with Gasteiger partial charge in [0.15, 0.2) is 17.1 Å². The fourth-order valence-corrected chi connectivity index (χ4v) is 9.59. The first-order valence-corrected chi connectivity index (χ1v) is 28.6. The Hall–Kier alpha value is -8.55. The summed E-state index contributed by atoms with van der Waals surface area (Å²) < 4.78 is 34.8. The molecule has 2 saturated heterocycles. The Morgan fingerprint density at radius 2 is 1.16 bits per heavy atom. The molecule has 0 unspecified atom stereocenters. The average molecular weight is 1280 g/mol. The van der Waals surface area contributed by atoms with Gasteiger partial charge in [-0.15, -0.1) is 0 Å². The third kappa shape index (κ3) is 18.5. The molecule has 6 N–H and O–H groups in total. The lowest BCUT2D eigenvalue weighted by molar-refractivity contribution is -0.138. The number of likely N-dealkylation sites (tertiary alicyclic amines) is 1. The number of nitrogens with zero attached hydrogens (tertiary/aromatic N) is 7. The Balaban J connectivity index is 0.000000207. The maximum atomic E-state index is 12.7. The van der Waals surface area contributed by atoms with Gasteiger partial charge < -0.3 is 60.3 Å². The largest absolute Gasteiger partial charge is 0.497 e. The monoisotopic (exact) mass is 1270 g/mol. The molecular formula is C62H75IN12O10. The molecule has 6 heterocycles. The van der Waals surface area contributed by atoms with Crippen LogP contribution >= 0.6 is 22.6 Å².